The van der Waals surface area contributed by atoms with Crippen LogP contribution in [0.25, 0.3) is 0 Å². The fourth-order valence-corrected chi connectivity index (χ4v) is 6.09. The van der Waals surface area contributed by atoms with Crippen molar-refractivity contribution in [2.45, 2.75) is 62.2 Å². The number of likely N-dealkylation sites (N-methyl/N-ethyl adjacent to an activating group) is 1. The Balaban J connectivity index is 1.26. The molecule has 0 radical (unpaired) electrons. The van der Waals surface area contributed by atoms with Crippen molar-refractivity contribution in [2.75, 3.05) is 39.0 Å². The van der Waals surface area contributed by atoms with Crippen molar-refractivity contribution in [3.05, 3.63) is 29.8 Å². The first-order chi connectivity index (χ1) is 16.4. The van der Waals surface area contributed by atoms with Crippen molar-refractivity contribution >= 4 is 40.3 Å². The summed E-state index contributed by atoms with van der Waals surface area (Å²) in [6.45, 7) is 2.48. The van der Waals surface area contributed by atoms with E-state index in [2.05, 4.69) is 39.5 Å². The fraction of sp³-hybridized carbons (Fsp3) is 0.600. The quantitative estimate of drug-likeness (QED) is 0.616. The summed E-state index contributed by atoms with van der Waals surface area (Å²) < 4.78 is 0. The highest BCUT2D eigenvalue weighted by Crippen LogP contribution is 2.32. The zero-order valence-electron chi connectivity index (χ0n) is 20.1. The molecule has 0 bridgehead atoms. The van der Waals surface area contributed by atoms with E-state index in [1.165, 1.54) is 31.0 Å². The molecular formula is C25H35N5O3S. The highest BCUT2D eigenvalue weighted by Gasteiger charge is 2.35. The van der Waals surface area contributed by atoms with Crippen LogP contribution in [0, 0.1) is 0 Å². The number of carbonyl (C=O) groups is 3. The van der Waals surface area contributed by atoms with E-state index in [9.17, 15) is 14.4 Å². The molecule has 8 nitrogen and oxygen atoms in total. The summed E-state index contributed by atoms with van der Waals surface area (Å²) in [5, 5.41) is 6.23. The van der Waals surface area contributed by atoms with Crippen LogP contribution in [0.4, 0.5) is 5.69 Å². The van der Waals surface area contributed by atoms with Gasteiger partial charge in [-0.15, -0.1) is 0 Å². The lowest BCUT2D eigenvalue weighted by Gasteiger charge is -2.43. The zero-order chi connectivity index (χ0) is 24.1. The van der Waals surface area contributed by atoms with E-state index >= 15 is 0 Å². The minimum absolute atomic E-state index is 0.0237. The molecule has 0 unspecified atom stereocenters. The number of rotatable bonds is 7. The van der Waals surface area contributed by atoms with Gasteiger partial charge in [-0.25, -0.2) is 0 Å². The number of nitrogens with zero attached hydrogens (tertiary/aromatic N) is 3. The van der Waals surface area contributed by atoms with Crippen molar-refractivity contribution in [3.63, 3.8) is 0 Å². The van der Waals surface area contributed by atoms with E-state index in [-0.39, 0.29) is 29.7 Å². The van der Waals surface area contributed by atoms with Gasteiger partial charge < -0.3 is 20.4 Å². The van der Waals surface area contributed by atoms with Gasteiger partial charge in [0.25, 0.3) is 11.8 Å². The number of likely N-dealkylation sites (tertiary alicyclic amines) is 1. The van der Waals surface area contributed by atoms with Gasteiger partial charge in [0.1, 0.15) is 5.25 Å². The van der Waals surface area contributed by atoms with Gasteiger partial charge in [-0.3, -0.25) is 14.4 Å². The van der Waals surface area contributed by atoms with Gasteiger partial charge in [0.15, 0.2) is 5.17 Å². The Morgan fingerprint density at radius 2 is 1.76 bits per heavy atom. The summed E-state index contributed by atoms with van der Waals surface area (Å²) in [6.07, 6.45) is 8.15. The topological polar surface area (TPSA) is 94.1 Å². The molecule has 1 aliphatic carbocycles. The molecule has 2 aliphatic heterocycles. The van der Waals surface area contributed by atoms with Crippen molar-refractivity contribution < 1.29 is 14.4 Å². The average Bonchev–Trinajstić information content (AvgIpc) is 3.49. The SMILES string of the molecule is CN(C)C1(CNC(=O)c2ccc(NC(=O)C[C@H]3SC(N4CCCC4)=NC3=O)cc2)CCCCC1. The Morgan fingerprint density at radius 1 is 1.09 bits per heavy atom. The van der Waals surface area contributed by atoms with E-state index in [0.29, 0.717) is 17.8 Å². The number of anilines is 1. The Bertz CT molecular complexity index is 934. The summed E-state index contributed by atoms with van der Waals surface area (Å²) in [5.41, 5.74) is 1.19. The number of nitrogens with one attached hydrogen (secondary N) is 2. The smallest absolute Gasteiger partial charge is 0.262 e. The van der Waals surface area contributed by atoms with Gasteiger partial charge in [0.2, 0.25) is 5.91 Å². The van der Waals surface area contributed by atoms with Gasteiger partial charge in [-0.05, 0) is 64.0 Å². The Kier molecular flexibility index (Phi) is 7.93. The van der Waals surface area contributed by atoms with E-state index in [0.717, 1.165) is 43.9 Å². The molecular weight excluding hydrogens is 450 g/mol. The summed E-state index contributed by atoms with van der Waals surface area (Å²) in [4.78, 5) is 46.0. The Morgan fingerprint density at radius 3 is 2.41 bits per heavy atom. The monoisotopic (exact) mass is 485 g/mol. The number of benzene rings is 1. The molecule has 2 N–H and O–H groups in total. The van der Waals surface area contributed by atoms with Crippen molar-refractivity contribution in [1.82, 2.24) is 15.1 Å². The maximum atomic E-state index is 12.7. The first-order valence-corrected chi connectivity index (χ1v) is 13.1. The summed E-state index contributed by atoms with van der Waals surface area (Å²) in [7, 11) is 4.18. The summed E-state index contributed by atoms with van der Waals surface area (Å²) in [5.74, 6) is -0.571. The lowest BCUT2D eigenvalue weighted by molar-refractivity contribution is -0.121. The predicted octanol–water partition coefficient (Wildman–Crippen LogP) is 3.10. The largest absolute Gasteiger partial charge is 0.351 e. The van der Waals surface area contributed by atoms with Crippen molar-refractivity contribution in [2.24, 2.45) is 4.99 Å². The van der Waals surface area contributed by atoms with Crippen LogP contribution in [0.1, 0.15) is 61.7 Å². The highest BCUT2D eigenvalue weighted by molar-refractivity contribution is 8.15. The summed E-state index contributed by atoms with van der Waals surface area (Å²) >= 11 is 1.39. The molecule has 4 rings (SSSR count). The summed E-state index contributed by atoms with van der Waals surface area (Å²) in [6, 6.07) is 6.90. The molecule has 0 aromatic heterocycles. The van der Waals surface area contributed by atoms with E-state index in [1.54, 1.807) is 24.3 Å². The predicted molar refractivity (Wildman–Crippen MR) is 136 cm³/mol. The molecule has 0 spiro atoms. The first kappa shape index (κ1) is 24.7. The highest BCUT2D eigenvalue weighted by atomic mass is 32.2. The van der Waals surface area contributed by atoms with Crippen LogP contribution in [0.5, 0.6) is 0 Å². The minimum Gasteiger partial charge on any atom is -0.351 e. The lowest BCUT2D eigenvalue weighted by atomic mass is 9.80. The third kappa shape index (κ3) is 5.81. The molecule has 34 heavy (non-hydrogen) atoms. The second kappa shape index (κ2) is 10.9. The fourth-order valence-electron chi connectivity index (χ4n) is 4.98. The molecule has 3 amide bonds. The van der Waals surface area contributed by atoms with Gasteiger partial charge in [-0.1, -0.05) is 31.0 Å². The lowest BCUT2D eigenvalue weighted by Crippen LogP contribution is -2.53. The van der Waals surface area contributed by atoms with Gasteiger partial charge in [0.05, 0.1) is 0 Å². The second-order valence-corrected chi connectivity index (χ2v) is 10.9. The third-order valence-electron chi connectivity index (χ3n) is 7.22. The van der Waals surface area contributed by atoms with Crippen molar-refractivity contribution in [3.8, 4) is 0 Å². The molecule has 1 aromatic rings. The third-order valence-corrected chi connectivity index (χ3v) is 8.43. The molecule has 1 aromatic carbocycles. The van der Waals surface area contributed by atoms with E-state index in [4.69, 9.17) is 0 Å². The van der Waals surface area contributed by atoms with Gasteiger partial charge >= 0.3 is 0 Å². The Labute approximate surface area is 205 Å². The van der Waals surface area contributed by atoms with Gasteiger partial charge in [0, 0.05) is 42.8 Å². The molecule has 184 valence electrons. The number of amides is 3. The number of carbonyl (C=O) groups excluding carboxylic acids is 3. The van der Waals surface area contributed by atoms with Crippen LogP contribution in [0.2, 0.25) is 0 Å². The molecule has 1 saturated heterocycles. The van der Waals surface area contributed by atoms with Gasteiger partial charge in [-0.2, -0.15) is 4.99 Å². The van der Waals surface area contributed by atoms with Crippen LogP contribution in [-0.2, 0) is 9.59 Å². The number of thioether (sulfide) groups is 1. The maximum absolute atomic E-state index is 12.7. The molecule has 1 saturated carbocycles. The average molecular weight is 486 g/mol. The van der Waals surface area contributed by atoms with E-state index in [1.807, 2.05) is 0 Å². The van der Waals surface area contributed by atoms with Crippen LogP contribution in [0.15, 0.2) is 29.3 Å². The Hall–Kier alpha value is -2.39. The normalized spacial score (nSPS) is 22.1. The number of amidine groups is 1. The van der Waals surface area contributed by atoms with Crippen LogP contribution in [0.3, 0.4) is 0 Å². The molecule has 2 fully saturated rings. The molecule has 3 aliphatic rings. The van der Waals surface area contributed by atoms with Crippen LogP contribution >= 0.6 is 11.8 Å². The standard InChI is InChI=1S/C25H35N5O3S/c1-29(2)25(12-4-3-5-13-25)17-26-22(32)18-8-10-19(11-9-18)27-21(31)16-20-23(33)28-24(34-20)30-14-6-7-15-30/h8-11,20H,3-7,12-17H2,1-2H3,(H,26,32)(H,27,31)/t20-/m1/s1. The second-order valence-electron chi connectivity index (χ2n) is 9.73. The minimum atomic E-state index is -0.468. The zero-order valence-corrected chi connectivity index (χ0v) is 21.0. The van der Waals surface area contributed by atoms with Crippen molar-refractivity contribution in [1.29, 1.82) is 0 Å². The first-order valence-electron chi connectivity index (χ1n) is 12.3. The van der Waals surface area contributed by atoms with Crippen LogP contribution < -0.4 is 10.6 Å². The maximum Gasteiger partial charge on any atom is 0.262 e. The molecule has 1 atom stereocenters. The van der Waals surface area contributed by atoms with Crippen LogP contribution in [-0.4, -0.2) is 77.2 Å². The molecule has 9 heteroatoms. The number of hydrogen-bond acceptors (Lipinski definition) is 6. The van der Waals surface area contributed by atoms with E-state index < -0.39 is 5.25 Å². The number of aliphatic imine (C=N–C) groups is 1. The molecule has 2 heterocycles. The number of hydrogen-bond donors (Lipinski definition) is 2.